The van der Waals surface area contributed by atoms with Gasteiger partial charge in [-0.2, -0.15) is 0 Å². The van der Waals surface area contributed by atoms with Crippen LogP contribution in [0.5, 0.6) is 0 Å². The molecular weight excluding hydrogens is 224 g/mol. The minimum absolute atomic E-state index is 0.0699. The van der Waals surface area contributed by atoms with Crippen molar-refractivity contribution >= 4 is 11.9 Å². The average Bonchev–Trinajstić information content (AvgIpc) is 2.60. The minimum atomic E-state index is -0.465. The van der Waals surface area contributed by atoms with Crippen LogP contribution in [0.15, 0.2) is 12.3 Å². The Bertz CT molecular complexity index is 412. The molecule has 0 saturated heterocycles. The van der Waals surface area contributed by atoms with Crippen molar-refractivity contribution in [2.24, 2.45) is 0 Å². The number of aryl methyl sites for hydroxylation is 1. The quantitative estimate of drug-likeness (QED) is 0.769. The summed E-state index contributed by atoms with van der Waals surface area (Å²) in [6.45, 7) is 3.71. The second-order valence-electron chi connectivity index (χ2n) is 3.41. The Hall–Kier alpha value is -1.82. The monoisotopic (exact) mass is 240 g/mol. The summed E-state index contributed by atoms with van der Waals surface area (Å²) in [5, 5.41) is 0. The normalized spacial score (nSPS) is 10.1. The standard InChI is InChI=1S/C11H16N2O4/c1-4-17-11(15)10-8(2)5-6-13(10)12-9(14)7-16-3/h5-6H,4,7H2,1-3H3,(H,12,14). The summed E-state index contributed by atoms with van der Waals surface area (Å²) in [6, 6.07) is 1.72. The van der Waals surface area contributed by atoms with Crippen molar-refractivity contribution in [3.63, 3.8) is 0 Å². The zero-order valence-electron chi connectivity index (χ0n) is 10.1. The second kappa shape index (κ2) is 6.05. The van der Waals surface area contributed by atoms with Crippen molar-refractivity contribution in [2.45, 2.75) is 13.8 Å². The van der Waals surface area contributed by atoms with E-state index in [1.807, 2.05) is 0 Å². The Morgan fingerprint density at radius 1 is 1.47 bits per heavy atom. The number of rotatable bonds is 5. The number of carbonyl (C=O) groups excluding carboxylic acids is 2. The lowest BCUT2D eigenvalue weighted by atomic mass is 10.3. The summed E-state index contributed by atoms with van der Waals surface area (Å²) in [6.07, 6.45) is 1.59. The topological polar surface area (TPSA) is 69.6 Å². The second-order valence-corrected chi connectivity index (χ2v) is 3.41. The zero-order valence-corrected chi connectivity index (χ0v) is 10.1. The van der Waals surface area contributed by atoms with E-state index in [2.05, 4.69) is 10.2 Å². The Kier molecular flexibility index (Phi) is 4.71. The highest BCUT2D eigenvalue weighted by atomic mass is 16.5. The number of hydrogen-bond acceptors (Lipinski definition) is 4. The van der Waals surface area contributed by atoms with Gasteiger partial charge >= 0.3 is 5.97 Å². The van der Waals surface area contributed by atoms with E-state index in [0.29, 0.717) is 5.69 Å². The largest absolute Gasteiger partial charge is 0.461 e. The van der Waals surface area contributed by atoms with E-state index in [-0.39, 0.29) is 19.1 Å². The Morgan fingerprint density at radius 2 is 2.18 bits per heavy atom. The molecular formula is C11H16N2O4. The van der Waals surface area contributed by atoms with Gasteiger partial charge in [-0.25, -0.2) is 4.79 Å². The van der Waals surface area contributed by atoms with Crippen LogP contribution in [0.2, 0.25) is 0 Å². The van der Waals surface area contributed by atoms with Crippen LogP contribution < -0.4 is 5.43 Å². The molecule has 6 nitrogen and oxygen atoms in total. The number of esters is 1. The van der Waals surface area contributed by atoms with Crippen molar-refractivity contribution in [3.05, 3.63) is 23.5 Å². The van der Waals surface area contributed by atoms with E-state index in [4.69, 9.17) is 4.74 Å². The zero-order chi connectivity index (χ0) is 12.8. The number of hydrogen-bond donors (Lipinski definition) is 1. The first-order valence-corrected chi connectivity index (χ1v) is 5.24. The van der Waals surface area contributed by atoms with E-state index in [1.165, 1.54) is 11.8 Å². The van der Waals surface area contributed by atoms with Crippen molar-refractivity contribution in [2.75, 3.05) is 25.7 Å². The first-order chi connectivity index (χ1) is 8.10. The molecule has 1 amide bonds. The molecule has 0 aliphatic heterocycles. The van der Waals surface area contributed by atoms with E-state index >= 15 is 0 Å². The molecule has 0 aliphatic rings. The molecule has 0 radical (unpaired) electrons. The number of carbonyl (C=O) groups is 2. The van der Waals surface area contributed by atoms with Gasteiger partial charge in [0.25, 0.3) is 5.91 Å². The molecule has 0 aromatic carbocycles. The van der Waals surface area contributed by atoms with Crippen LogP contribution in [0, 0.1) is 6.92 Å². The van der Waals surface area contributed by atoms with Crippen LogP contribution in [0.4, 0.5) is 0 Å². The van der Waals surface area contributed by atoms with E-state index < -0.39 is 5.97 Å². The lowest BCUT2D eigenvalue weighted by Gasteiger charge is -2.10. The lowest BCUT2D eigenvalue weighted by molar-refractivity contribution is -0.120. The van der Waals surface area contributed by atoms with Gasteiger partial charge in [-0.3, -0.25) is 14.9 Å². The van der Waals surface area contributed by atoms with Crippen LogP contribution >= 0.6 is 0 Å². The average molecular weight is 240 g/mol. The molecule has 1 aromatic rings. The maximum Gasteiger partial charge on any atom is 0.357 e. The molecule has 0 saturated carbocycles. The van der Waals surface area contributed by atoms with Crippen molar-refractivity contribution in [3.8, 4) is 0 Å². The summed E-state index contributed by atoms with van der Waals surface area (Å²) >= 11 is 0. The summed E-state index contributed by atoms with van der Waals surface area (Å²) in [4.78, 5) is 23.0. The third-order valence-corrected chi connectivity index (χ3v) is 2.08. The molecule has 1 heterocycles. The SMILES string of the molecule is CCOC(=O)c1c(C)ccn1NC(=O)COC. The maximum atomic E-state index is 11.7. The molecule has 0 bridgehead atoms. The van der Waals surface area contributed by atoms with Crippen molar-refractivity contribution < 1.29 is 19.1 Å². The number of ether oxygens (including phenoxy) is 2. The predicted octanol–water partition coefficient (Wildman–Crippen LogP) is 0.690. The number of amides is 1. The van der Waals surface area contributed by atoms with Crippen molar-refractivity contribution in [1.82, 2.24) is 4.68 Å². The van der Waals surface area contributed by atoms with Crippen LogP contribution in [-0.2, 0) is 14.3 Å². The smallest absolute Gasteiger partial charge is 0.357 e. The number of nitrogens with zero attached hydrogens (tertiary/aromatic N) is 1. The van der Waals surface area contributed by atoms with E-state index in [9.17, 15) is 9.59 Å². The van der Waals surface area contributed by atoms with Gasteiger partial charge in [0.2, 0.25) is 0 Å². The molecule has 6 heteroatoms. The summed E-state index contributed by atoms with van der Waals surface area (Å²) in [7, 11) is 1.42. The number of nitrogens with one attached hydrogen (secondary N) is 1. The summed E-state index contributed by atoms with van der Waals surface area (Å²) in [5.41, 5.74) is 3.58. The molecule has 0 unspecified atom stereocenters. The van der Waals surface area contributed by atoms with Gasteiger partial charge in [-0.05, 0) is 25.5 Å². The Morgan fingerprint density at radius 3 is 2.76 bits per heavy atom. The minimum Gasteiger partial charge on any atom is -0.461 e. The molecule has 0 fully saturated rings. The van der Waals surface area contributed by atoms with E-state index in [1.54, 1.807) is 26.1 Å². The summed E-state index contributed by atoms with van der Waals surface area (Å²) < 4.78 is 10.9. The molecule has 0 aliphatic carbocycles. The van der Waals surface area contributed by atoms with Gasteiger partial charge in [-0.15, -0.1) is 0 Å². The number of aromatic nitrogens is 1. The highest BCUT2D eigenvalue weighted by molar-refractivity contribution is 5.91. The van der Waals surface area contributed by atoms with Gasteiger partial charge in [-0.1, -0.05) is 0 Å². The molecule has 0 atom stereocenters. The molecule has 94 valence electrons. The first kappa shape index (κ1) is 13.2. The van der Waals surface area contributed by atoms with Crippen LogP contribution in [0.1, 0.15) is 23.0 Å². The third kappa shape index (κ3) is 3.32. The fourth-order valence-corrected chi connectivity index (χ4v) is 1.38. The predicted molar refractivity (Wildman–Crippen MR) is 61.4 cm³/mol. The summed E-state index contributed by atoms with van der Waals surface area (Å²) in [5.74, 6) is -0.804. The number of methoxy groups -OCH3 is 1. The Balaban J connectivity index is 2.86. The molecule has 1 N–H and O–H groups in total. The highest BCUT2D eigenvalue weighted by Crippen LogP contribution is 2.10. The van der Waals surface area contributed by atoms with Gasteiger partial charge in [0.05, 0.1) is 6.61 Å². The van der Waals surface area contributed by atoms with Gasteiger partial charge < -0.3 is 9.47 Å². The highest BCUT2D eigenvalue weighted by Gasteiger charge is 2.17. The fraction of sp³-hybridized carbons (Fsp3) is 0.455. The first-order valence-electron chi connectivity index (χ1n) is 5.24. The molecule has 0 spiro atoms. The third-order valence-electron chi connectivity index (χ3n) is 2.08. The van der Waals surface area contributed by atoms with Crippen molar-refractivity contribution in [1.29, 1.82) is 0 Å². The van der Waals surface area contributed by atoms with Crippen LogP contribution in [-0.4, -0.2) is 36.9 Å². The van der Waals surface area contributed by atoms with Gasteiger partial charge in [0.15, 0.2) is 5.69 Å². The fourth-order valence-electron chi connectivity index (χ4n) is 1.38. The van der Waals surface area contributed by atoms with E-state index in [0.717, 1.165) is 5.56 Å². The maximum absolute atomic E-state index is 11.7. The molecule has 17 heavy (non-hydrogen) atoms. The van der Waals surface area contributed by atoms with Gasteiger partial charge in [0, 0.05) is 13.3 Å². The van der Waals surface area contributed by atoms with Crippen LogP contribution in [0.3, 0.4) is 0 Å². The molecule has 1 rings (SSSR count). The van der Waals surface area contributed by atoms with Gasteiger partial charge in [0.1, 0.15) is 6.61 Å². The Labute approximate surface area is 99.5 Å². The lowest BCUT2D eigenvalue weighted by Crippen LogP contribution is -2.29. The van der Waals surface area contributed by atoms with Crippen LogP contribution in [0.25, 0.3) is 0 Å². The molecule has 1 aromatic heterocycles.